The zero-order valence-corrected chi connectivity index (χ0v) is 9.43. The highest BCUT2D eigenvalue weighted by atomic mass is 16.2. The molecule has 3 nitrogen and oxygen atoms in total. The molecule has 2 fully saturated rings. The number of hydrogen-bond acceptors (Lipinski definition) is 2. The molecular weight excluding hydrogens is 188 g/mol. The lowest BCUT2D eigenvalue weighted by molar-refractivity contribution is -0.126. The van der Waals surface area contributed by atoms with Crippen molar-refractivity contribution in [2.45, 2.75) is 38.5 Å². The van der Waals surface area contributed by atoms with Gasteiger partial charge in [0, 0.05) is 19.6 Å². The molecule has 0 atom stereocenters. The van der Waals surface area contributed by atoms with Crippen molar-refractivity contribution in [2.75, 3.05) is 19.6 Å². The highest BCUT2D eigenvalue weighted by Crippen LogP contribution is 2.25. The maximum absolute atomic E-state index is 11.5. The molecule has 1 saturated heterocycles. The fourth-order valence-corrected chi connectivity index (χ4v) is 2.49. The van der Waals surface area contributed by atoms with E-state index in [1.165, 1.54) is 38.5 Å². The summed E-state index contributed by atoms with van der Waals surface area (Å²) < 4.78 is 0. The van der Waals surface area contributed by atoms with E-state index in [1.807, 2.05) is 0 Å². The number of amides is 1. The first kappa shape index (κ1) is 10.9. The highest BCUT2D eigenvalue weighted by molar-refractivity contribution is 5.79. The van der Waals surface area contributed by atoms with Crippen LogP contribution in [0.15, 0.2) is 0 Å². The van der Waals surface area contributed by atoms with Gasteiger partial charge in [0.25, 0.3) is 0 Å². The molecule has 2 N–H and O–H groups in total. The molecule has 0 spiro atoms. The standard InChI is InChI=1S/C12H22N2O/c15-12(11-8-13-9-11)14-7-6-10-4-2-1-3-5-10/h10-11,13H,1-9H2,(H,14,15). The molecule has 1 aliphatic carbocycles. The van der Waals surface area contributed by atoms with Gasteiger partial charge in [0.05, 0.1) is 5.92 Å². The third-order valence-corrected chi connectivity index (χ3v) is 3.73. The van der Waals surface area contributed by atoms with Crippen LogP contribution in [-0.2, 0) is 4.79 Å². The topological polar surface area (TPSA) is 41.1 Å². The smallest absolute Gasteiger partial charge is 0.225 e. The Hall–Kier alpha value is -0.570. The lowest BCUT2D eigenvalue weighted by atomic mass is 9.87. The van der Waals surface area contributed by atoms with Gasteiger partial charge >= 0.3 is 0 Å². The first-order chi connectivity index (χ1) is 7.36. The van der Waals surface area contributed by atoms with Crippen LogP contribution in [0.5, 0.6) is 0 Å². The Morgan fingerprint density at radius 3 is 2.53 bits per heavy atom. The third kappa shape index (κ3) is 3.20. The minimum absolute atomic E-state index is 0.247. The minimum Gasteiger partial charge on any atom is -0.356 e. The number of nitrogens with one attached hydrogen (secondary N) is 2. The number of rotatable bonds is 4. The molecule has 0 aromatic rings. The van der Waals surface area contributed by atoms with Crippen LogP contribution in [0.3, 0.4) is 0 Å². The summed E-state index contributed by atoms with van der Waals surface area (Å²) in [7, 11) is 0. The molecule has 86 valence electrons. The Labute approximate surface area is 92.0 Å². The van der Waals surface area contributed by atoms with Crippen molar-refractivity contribution in [1.29, 1.82) is 0 Å². The summed E-state index contributed by atoms with van der Waals surface area (Å²) in [4.78, 5) is 11.5. The summed E-state index contributed by atoms with van der Waals surface area (Å²) in [5, 5.41) is 6.17. The Kier molecular flexibility index (Phi) is 4.01. The van der Waals surface area contributed by atoms with Crippen LogP contribution in [0, 0.1) is 11.8 Å². The Morgan fingerprint density at radius 1 is 1.20 bits per heavy atom. The van der Waals surface area contributed by atoms with Gasteiger partial charge in [0.15, 0.2) is 0 Å². The molecule has 3 heteroatoms. The van der Waals surface area contributed by atoms with Gasteiger partial charge in [-0.1, -0.05) is 32.1 Å². The molecule has 15 heavy (non-hydrogen) atoms. The van der Waals surface area contributed by atoms with Crippen molar-refractivity contribution in [3.63, 3.8) is 0 Å². The summed E-state index contributed by atoms with van der Waals surface area (Å²) >= 11 is 0. The van der Waals surface area contributed by atoms with E-state index in [9.17, 15) is 4.79 Å². The predicted octanol–water partition coefficient (Wildman–Crippen LogP) is 1.29. The van der Waals surface area contributed by atoms with E-state index in [2.05, 4.69) is 10.6 Å². The summed E-state index contributed by atoms with van der Waals surface area (Å²) in [6, 6.07) is 0. The van der Waals surface area contributed by atoms with Gasteiger partial charge in [-0.2, -0.15) is 0 Å². The predicted molar refractivity (Wildman–Crippen MR) is 60.6 cm³/mol. The van der Waals surface area contributed by atoms with Gasteiger partial charge in [0.1, 0.15) is 0 Å². The van der Waals surface area contributed by atoms with Crippen molar-refractivity contribution in [1.82, 2.24) is 10.6 Å². The van der Waals surface area contributed by atoms with E-state index in [-0.39, 0.29) is 11.8 Å². The van der Waals surface area contributed by atoms with Crippen LogP contribution in [0.1, 0.15) is 38.5 Å². The average Bonchev–Trinajstić information content (AvgIpc) is 2.16. The average molecular weight is 210 g/mol. The molecule has 0 aromatic heterocycles. The quantitative estimate of drug-likeness (QED) is 0.734. The van der Waals surface area contributed by atoms with Gasteiger partial charge in [-0.05, 0) is 12.3 Å². The molecule has 0 bridgehead atoms. The van der Waals surface area contributed by atoms with E-state index in [1.54, 1.807) is 0 Å². The van der Waals surface area contributed by atoms with Crippen molar-refractivity contribution in [3.8, 4) is 0 Å². The van der Waals surface area contributed by atoms with Crippen LogP contribution >= 0.6 is 0 Å². The van der Waals surface area contributed by atoms with Crippen molar-refractivity contribution >= 4 is 5.91 Å². The Bertz CT molecular complexity index is 208. The zero-order chi connectivity index (χ0) is 10.5. The normalized spacial score (nSPS) is 23.5. The maximum Gasteiger partial charge on any atom is 0.225 e. The molecule has 1 saturated carbocycles. The Balaban J connectivity index is 1.55. The van der Waals surface area contributed by atoms with Gasteiger partial charge in [-0.15, -0.1) is 0 Å². The second-order valence-corrected chi connectivity index (χ2v) is 4.94. The van der Waals surface area contributed by atoms with Gasteiger partial charge < -0.3 is 10.6 Å². The van der Waals surface area contributed by atoms with E-state index in [0.717, 1.165) is 25.6 Å². The minimum atomic E-state index is 0.247. The number of carbonyl (C=O) groups excluding carboxylic acids is 1. The molecule has 1 heterocycles. The lowest BCUT2D eigenvalue weighted by Gasteiger charge is -2.26. The summed E-state index contributed by atoms with van der Waals surface area (Å²) in [5.74, 6) is 1.37. The van der Waals surface area contributed by atoms with E-state index < -0.39 is 0 Å². The second-order valence-electron chi connectivity index (χ2n) is 4.94. The van der Waals surface area contributed by atoms with Crippen molar-refractivity contribution < 1.29 is 4.79 Å². The van der Waals surface area contributed by atoms with E-state index >= 15 is 0 Å². The van der Waals surface area contributed by atoms with Crippen LogP contribution in [0.25, 0.3) is 0 Å². The molecular formula is C12H22N2O. The number of carbonyl (C=O) groups is 1. The molecule has 1 amide bonds. The van der Waals surface area contributed by atoms with Gasteiger partial charge in [-0.25, -0.2) is 0 Å². The molecule has 2 rings (SSSR count). The molecule has 2 aliphatic rings. The lowest BCUT2D eigenvalue weighted by Crippen LogP contribution is -2.51. The summed E-state index contributed by atoms with van der Waals surface area (Å²) in [6.45, 7) is 2.63. The highest BCUT2D eigenvalue weighted by Gasteiger charge is 2.24. The van der Waals surface area contributed by atoms with Crippen LogP contribution in [0.2, 0.25) is 0 Å². The monoisotopic (exact) mass is 210 g/mol. The Morgan fingerprint density at radius 2 is 1.93 bits per heavy atom. The zero-order valence-electron chi connectivity index (χ0n) is 9.43. The van der Waals surface area contributed by atoms with Gasteiger partial charge in [0.2, 0.25) is 5.91 Å². The van der Waals surface area contributed by atoms with E-state index in [0.29, 0.717) is 0 Å². The maximum atomic E-state index is 11.5. The summed E-state index contributed by atoms with van der Waals surface area (Å²) in [6.07, 6.45) is 8.14. The molecule has 1 aliphatic heterocycles. The van der Waals surface area contributed by atoms with Crippen LogP contribution < -0.4 is 10.6 Å². The first-order valence-corrected chi connectivity index (χ1v) is 6.34. The number of hydrogen-bond donors (Lipinski definition) is 2. The molecule has 0 radical (unpaired) electrons. The molecule has 0 unspecified atom stereocenters. The fraction of sp³-hybridized carbons (Fsp3) is 0.917. The van der Waals surface area contributed by atoms with Crippen molar-refractivity contribution in [3.05, 3.63) is 0 Å². The van der Waals surface area contributed by atoms with Crippen LogP contribution in [0.4, 0.5) is 0 Å². The molecule has 0 aromatic carbocycles. The second kappa shape index (κ2) is 5.50. The SMILES string of the molecule is O=C(NCCC1CCCCC1)C1CNC1. The largest absolute Gasteiger partial charge is 0.356 e. The first-order valence-electron chi connectivity index (χ1n) is 6.34. The van der Waals surface area contributed by atoms with Gasteiger partial charge in [-0.3, -0.25) is 4.79 Å². The van der Waals surface area contributed by atoms with Crippen LogP contribution in [-0.4, -0.2) is 25.5 Å². The summed E-state index contributed by atoms with van der Waals surface area (Å²) in [5.41, 5.74) is 0. The van der Waals surface area contributed by atoms with Crippen molar-refractivity contribution in [2.24, 2.45) is 11.8 Å². The fourth-order valence-electron chi connectivity index (χ4n) is 2.49. The van der Waals surface area contributed by atoms with E-state index in [4.69, 9.17) is 0 Å². The third-order valence-electron chi connectivity index (χ3n) is 3.73.